The van der Waals surface area contributed by atoms with Crippen LogP contribution in [0.15, 0.2) is 30.5 Å². The minimum Gasteiger partial charge on any atom is -0.373 e. The van der Waals surface area contributed by atoms with Crippen molar-refractivity contribution >= 4 is 34.9 Å². The average Bonchev–Trinajstić information content (AvgIpc) is 2.65. The van der Waals surface area contributed by atoms with Crippen LogP contribution in [0.5, 0.6) is 0 Å². The highest BCUT2D eigenvalue weighted by Crippen LogP contribution is 2.25. The van der Waals surface area contributed by atoms with Crippen LogP contribution in [0.3, 0.4) is 0 Å². The van der Waals surface area contributed by atoms with Gasteiger partial charge in [-0.25, -0.2) is 4.79 Å². The number of nitrogens with zero attached hydrogens (tertiary/aromatic N) is 3. The molecule has 1 aromatic carbocycles. The van der Waals surface area contributed by atoms with Gasteiger partial charge in [0.25, 0.3) is 0 Å². The number of nitrogens with one attached hydrogen (secondary N) is 1. The van der Waals surface area contributed by atoms with Crippen LogP contribution in [0.4, 0.5) is 10.5 Å². The highest BCUT2D eigenvalue weighted by molar-refractivity contribution is 6.42. The Balaban J connectivity index is 1.45. The lowest BCUT2D eigenvalue weighted by Gasteiger charge is -2.39. The maximum Gasteiger partial charge on any atom is 0.321 e. The van der Waals surface area contributed by atoms with E-state index in [-0.39, 0.29) is 12.1 Å². The van der Waals surface area contributed by atoms with Gasteiger partial charge in [-0.2, -0.15) is 0 Å². The Kier molecular flexibility index (Phi) is 6.87. The number of carbonyl (C=O) groups excluding carboxylic acids is 1. The third-order valence-corrected chi connectivity index (χ3v) is 5.71. The molecule has 0 aromatic heterocycles. The summed E-state index contributed by atoms with van der Waals surface area (Å²) in [6.07, 6.45) is 0.187. The van der Waals surface area contributed by atoms with Crippen molar-refractivity contribution in [2.24, 2.45) is 0 Å². The lowest BCUT2D eigenvalue weighted by Crippen LogP contribution is -2.53. The first-order valence-electron chi connectivity index (χ1n) is 9.18. The molecule has 2 aliphatic heterocycles. The highest BCUT2D eigenvalue weighted by Gasteiger charge is 2.26. The molecule has 0 radical (unpaired) electrons. The molecular formula is C19H26Cl2N4O2. The van der Waals surface area contributed by atoms with E-state index in [1.54, 1.807) is 18.2 Å². The summed E-state index contributed by atoms with van der Waals surface area (Å²) in [5.41, 5.74) is 1.74. The van der Waals surface area contributed by atoms with Gasteiger partial charge in [0.05, 0.1) is 22.8 Å². The monoisotopic (exact) mass is 412 g/mol. The highest BCUT2D eigenvalue weighted by atomic mass is 35.5. The number of morpholine rings is 1. The second kappa shape index (κ2) is 9.15. The summed E-state index contributed by atoms with van der Waals surface area (Å²) >= 11 is 11.9. The van der Waals surface area contributed by atoms with Gasteiger partial charge in [0.2, 0.25) is 0 Å². The molecular weight excluding hydrogens is 387 g/mol. The van der Waals surface area contributed by atoms with Gasteiger partial charge in [0.1, 0.15) is 0 Å². The van der Waals surface area contributed by atoms with E-state index in [0.29, 0.717) is 28.8 Å². The number of piperazine rings is 1. The first-order chi connectivity index (χ1) is 12.9. The van der Waals surface area contributed by atoms with E-state index in [4.69, 9.17) is 27.9 Å². The van der Waals surface area contributed by atoms with Gasteiger partial charge in [0.15, 0.2) is 0 Å². The molecule has 2 saturated heterocycles. The summed E-state index contributed by atoms with van der Waals surface area (Å²) in [6, 6.07) is 4.97. The zero-order valence-electron chi connectivity index (χ0n) is 15.6. The van der Waals surface area contributed by atoms with Crippen molar-refractivity contribution < 1.29 is 9.53 Å². The summed E-state index contributed by atoms with van der Waals surface area (Å²) in [5, 5.41) is 3.78. The van der Waals surface area contributed by atoms with E-state index in [1.807, 2.05) is 11.8 Å². The van der Waals surface area contributed by atoms with Gasteiger partial charge < -0.3 is 19.9 Å². The largest absolute Gasteiger partial charge is 0.373 e. The van der Waals surface area contributed by atoms with E-state index in [0.717, 1.165) is 45.0 Å². The fourth-order valence-corrected chi connectivity index (χ4v) is 3.67. The van der Waals surface area contributed by atoms with Crippen LogP contribution in [0.2, 0.25) is 10.0 Å². The van der Waals surface area contributed by atoms with Crippen molar-refractivity contribution in [1.29, 1.82) is 0 Å². The number of halogens is 2. The molecule has 0 aliphatic carbocycles. The number of amides is 2. The fraction of sp³-hybridized carbons (Fsp3) is 0.526. The maximum absolute atomic E-state index is 12.5. The molecule has 1 aromatic rings. The number of anilines is 1. The molecule has 3 rings (SSSR count). The van der Waals surface area contributed by atoms with Crippen molar-refractivity contribution in [2.45, 2.75) is 13.0 Å². The van der Waals surface area contributed by atoms with Crippen molar-refractivity contribution in [3.63, 3.8) is 0 Å². The smallest absolute Gasteiger partial charge is 0.321 e. The second-order valence-corrected chi connectivity index (χ2v) is 7.84. The Hall–Kier alpha value is -1.47. The SMILES string of the molecule is C=C(C)N1CCOC(CN2CCN(C(=O)Nc3ccc(Cl)c(Cl)c3)CC2)C1. The van der Waals surface area contributed by atoms with Gasteiger partial charge in [-0.05, 0) is 25.1 Å². The number of allylic oxidation sites excluding steroid dienone is 1. The van der Waals surface area contributed by atoms with Crippen LogP contribution in [0.25, 0.3) is 0 Å². The predicted molar refractivity (Wildman–Crippen MR) is 110 cm³/mol. The van der Waals surface area contributed by atoms with Crippen molar-refractivity contribution in [1.82, 2.24) is 14.7 Å². The van der Waals surface area contributed by atoms with E-state index >= 15 is 0 Å². The van der Waals surface area contributed by atoms with E-state index in [9.17, 15) is 4.79 Å². The summed E-state index contributed by atoms with van der Waals surface area (Å²) in [7, 11) is 0. The molecule has 2 fully saturated rings. The molecule has 148 valence electrons. The minimum absolute atomic E-state index is 0.115. The quantitative estimate of drug-likeness (QED) is 0.823. The topological polar surface area (TPSA) is 48.1 Å². The molecule has 2 amide bonds. The zero-order chi connectivity index (χ0) is 19.4. The fourth-order valence-electron chi connectivity index (χ4n) is 3.37. The average molecular weight is 413 g/mol. The lowest BCUT2D eigenvalue weighted by molar-refractivity contribution is -0.0370. The molecule has 0 saturated carbocycles. The number of urea groups is 1. The summed E-state index contributed by atoms with van der Waals surface area (Å²) in [5.74, 6) is 0. The minimum atomic E-state index is -0.115. The Morgan fingerprint density at radius 2 is 1.93 bits per heavy atom. The van der Waals surface area contributed by atoms with E-state index < -0.39 is 0 Å². The summed E-state index contributed by atoms with van der Waals surface area (Å²) < 4.78 is 5.89. The molecule has 2 heterocycles. The van der Waals surface area contributed by atoms with Gasteiger partial charge in [-0.3, -0.25) is 4.90 Å². The van der Waals surface area contributed by atoms with Crippen LogP contribution in [0.1, 0.15) is 6.92 Å². The Morgan fingerprint density at radius 1 is 1.19 bits per heavy atom. The molecule has 1 N–H and O–H groups in total. The number of benzene rings is 1. The molecule has 1 unspecified atom stereocenters. The molecule has 27 heavy (non-hydrogen) atoms. The molecule has 8 heteroatoms. The third-order valence-electron chi connectivity index (χ3n) is 4.97. The van der Waals surface area contributed by atoms with Gasteiger partial charge >= 0.3 is 6.03 Å². The van der Waals surface area contributed by atoms with Crippen LogP contribution >= 0.6 is 23.2 Å². The van der Waals surface area contributed by atoms with Crippen LogP contribution in [-0.4, -0.2) is 79.3 Å². The number of rotatable bonds is 4. The van der Waals surface area contributed by atoms with E-state index in [2.05, 4.69) is 21.7 Å². The number of carbonyl (C=O) groups is 1. The van der Waals surface area contributed by atoms with Crippen LogP contribution in [0, 0.1) is 0 Å². The second-order valence-electron chi connectivity index (χ2n) is 7.02. The van der Waals surface area contributed by atoms with Crippen molar-refractivity contribution in [3.05, 3.63) is 40.5 Å². The predicted octanol–water partition coefficient (Wildman–Crippen LogP) is 3.38. The first-order valence-corrected chi connectivity index (χ1v) is 9.93. The lowest BCUT2D eigenvalue weighted by atomic mass is 10.2. The molecule has 6 nitrogen and oxygen atoms in total. The van der Waals surface area contributed by atoms with Crippen molar-refractivity contribution in [2.75, 3.05) is 57.7 Å². The van der Waals surface area contributed by atoms with Crippen LogP contribution < -0.4 is 5.32 Å². The number of hydrogen-bond donors (Lipinski definition) is 1. The number of ether oxygens (including phenoxy) is 1. The molecule has 0 spiro atoms. The van der Waals surface area contributed by atoms with Crippen LogP contribution in [-0.2, 0) is 4.74 Å². The first kappa shape index (κ1) is 20.3. The molecule has 2 aliphatic rings. The Bertz CT molecular complexity index is 692. The van der Waals surface area contributed by atoms with Gasteiger partial charge in [-0.1, -0.05) is 29.8 Å². The third kappa shape index (κ3) is 5.51. The Morgan fingerprint density at radius 3 is 2.59 bits per heavy atom. The molecule has 1 atom stereocenters. The zero-order valence-corrected chi connectivity index (χ0v) is 17.1. The number of hydrogen-bond acceptors (Lipinski definition) is 4. The Labute approximate surface area is 170 Å². The summed E-state index contributed by atoms with van der Waals surface area (Å²) in [4.78, 5) is 18.9. The summed E-state index contributed by atoms with van der Waals surface area (Å²) in [6.45, 7) is 12.5. The van der Waals surface area contributed by atoms with Crippen molar-refractivity contribution in [3.8, 4) is 0 Å². The molecule has 0 bridgehead atoms. The normalized spacial score (nSPS) is 21.2. The van der Waals surface area contributed by atoms with Gasteiger partial charge in [0, 0.05) is 57.2 Å². The van der Waals surface area contributed by atoms with E-state index in [1.165, 1.54) is 0 Å². The standard InChI is InChI=1S/C19H26Cl2N4O2/c1-14(2)25-9-10-27-16(13-25)12-23-5-7-24(8-6-23)19(26)22-15-3-4-17(20)18(21)11-15/h3-4,11,16H,1,5-10,12-13H2,2H3,(H,22,26). The maximum atomic E-state index is 12.5. The van der Waals surface area contributed by atoms with Gasteiger partial charge in [-0.15, -0.1) is 0 Å².